The number of aromatic nitrogens is 1. The van der Waals surface area contributed by atoms with Gasteiger partial charge in [-0.25, -0.2) is 0 Å². The number of fused-ring (bicyclic) bond motifs is 1. The molecule has 1 aromatic heterocycles. The van der Waals surface area contributed by atoms with Gasteiger partial charge in [0.1, 0.15) is 0 Å². The summed E-state index contributed by atoms with van der Waals surface area (Å²) in [7, 11) is 2.05. The Labute approximate surface area is 119 Å². The summed E-state index contributed by atoms with van der Waals surface area (Å²) in [4.78, 5) is 13.0. The molecule has 1 N–H and O–H groups in total. The minimum Gasteiger partial charge on any atom is -0.480 e. The molecular weight excluding hydrogens is 252 g/mol. The zero-order chi connectivity index (χ0) is 14.9. The SMILES string of the molecule is Cc1c(CN(CC(=O)O)C(C)C)n(C)c2ccccc12. The van der Waals surface area contributed by atoms with Crippen molar-refractivity contribution in [1.29, 1.82) is 0 Å². The van der Waals surface area contributed by atoms with E-state index >= 15 is 0 Å². The molecule has 2 rings (SSSR count). The van der Waals surface area contributed by atoms with Crippen LogP contribution in [0.3, 0.4) is 0 Å². The quantitative estimate of drug-likeness (QED) is 0.912. The maximum absolute atomic E-state index is 11.0. The minimum atomic E-state index is -0.782. The second-order valence-corrected chi connectivity index (χ2v) is 5.54. The zero-order valence-electron chi connectivity index (χ0n) is 12.6. The molecule has 0 spiro atoms. The molecule has 0 saturated heterocycles. The summed E-state index contributed by atoms with van der Waals surface area (Å²) in [5.41, 5.74) is 3.61. The molecule has 0 atom stereocenters. The van der Waals surface area contributed by atoms with Crippen LogP contribution in [-0.2, 0) is 18.4 Å². The molecular formula is C16H22N2O2. The zero-order valence-corrected chi connectivity index (χ0v) is 12.6. The van der Waals surface area contributed by atoms with Crippen molar-refractivity contribution < 1.29 is 9.90 Å². The van der Waals surface area contributed by atoms with Gasteiger partial charge in [-0.15, -0.1) is 0 Å². The molecule has 4 nitrogen and oxygen atoms in total. The van der Waals surface area contributed by atoms with E-state index in [0.29, 0.717) is 6.54 Å². The lowest BCUT2D eigenvalue weighted by molar-refractivity contribution is -0.139. The van der Waals surface area contributed by atoms with Crippen molar-refractivity contribution >= 4 is 16.9 Å². The number of aliphatic carboxylic acids is 1. The normalized spacial score (nSPS) is 11.7. The van der Waals surface area contributed by atoms with Crippen LogP contribution in [0.4, 0.5) is 0 Å². The molecule has 0 bridgehead atoms. The van der Waals surface area contributed by atoms with E-state index < -0.39 is 5.97 Å². The van der Waals surface area contributed by atoms with Crippen molar-refractivity contribution in [3.63, 3.8) is 0 Å². The van der Waals surface area contributed by atoms with Gasteiger partial charge in [0.05, 0.1) is 6.54 Å². The standard InChI is InChI=1S/C16H22N2O2/c1-11(2)18(10-16(19)20)9-15-12(3)13-7-5-6-8-14(13)17(15)4/h5-8,11H,9-10H2,1-4H3,(H,19,20). The summed E-state index contributed by atoms with van der Waals surface area (Å²) >= 11 is 0. The molecule has 0 amide bonds. The summed E-state index contributed by atoms with van der Waals surface area (Å²) in [6, 6.07) is 8.48. The fraction of sp³-hybridized carbons (Fsp3) is 0.438. The fourth-order valence-electron chi connectivity index (χ4n) is 2.65. The van der Waals surface area contributed by atoms with Gasteiger partial charge in [0.15, 0.2) is 0 Å². The molecule has 20 heavy (non-hydrogen) atoms. The highest BCUT2D eigenvalue weighted by Gasteiger charge is 2.18. The van der Waals surface area contributed by atoms with Gasteiger partial charge in [0, 0.05) is 36.2 Å². The number of hydrogen-bond acceptors (Lipinski definition) is 2. The van der Waals surface area contributed by atoms with Gasteiger partial charge < -0.3 is 9.67 Å². The average Bonchev–Trinajstić information content (AvgIpc) is 2.63. The van der Waals surface area contributed by atoms with Gasteiger partial charge in [-0.05, 0) is 32.4 Å². The first kappa shape index (κ1) is 14.6. The van der Waals surface area contributed by atoms with Gasteiger partial charge in [-0.3, -0.25) is 9.69 Å². The third-order valence-electron chi connectivity index (χ3n) is 3.93. The molecule has 0 saturated carbocycles. The minimum absolute atomic E-state index is 0.0681. The number of carboxylic acid groups (broad SMARTS) is 1. The number of carboxylic acids is 1. The van der Waals surface area contributed by atoms with E-state index in [1.807, 2.05) is 37.9 Å². The second-order valence-electron chi connectivity index (χ2n) is 5.54. The van der Waals surface area contributed by atoms with Crippen molar-refractivity contribution in [3.8, 4) is 0 Å². The molecule has 0 aliphatic heterocycles. The number of aryl methyl sites for hydroxylation is 2. The monoisotopic (exact) mass is 274 g/mol. The lowest BCUT2D eigenvalue weighted by Crippen LogP contribution is -2.35. The van der Waals surface area contributed by atoms with E-state index in [9.17, 15) is 4.79 Å². The predicted octanol–water partition coefficient (Wildman–Crippen LogP) is 2.78. The lowest BCUT2D eigenvalue weighted by atomic mass is 10.1. The van der Waals surface area contributed by atoms with Crippen LogP contribution in [0, 0.1) is 6.92 Å². The fourth-order valence-corrected chi connectivity index (χ4v) is 2.65. The molecule has 0 radical (unpaired) electrons. The van der Waals surface area contributed by atoms with Crippen molar-refractivity contribution in [2.24, 2.45) is 7.05 Å². The van der Waals surface area contributed by atoms with E-state index in [4.69, 9.17) is 5.11 Å². The van der Waals surface area contributed by atoms with E-state index in [2.05, 4.69) is 23.6 Å². The van der Waals surface area contributed by atoms with E-state index in [1.54, 1.807) is 0 Å². The Morgan fingerprint density at radius 1 is 1.35 bits per heavy atom. The molecule has 1 heterocycles. The van der Waals surface area contributed by atoms with E-state index in [0.717, 1.165) is 0 Å². The number of hydrogen-bond donors (Lipinski definition) is 1. The summed E-state index contributed by atoms with van der Waals surface area (Å²) in [5.74, 6) is -0.782. The molecule has 0 fully saturated rings. The van der Waals surface area contributed by atoms with Gasteiger partial charge >= 0.3 is 5.97 Å². The number of nitrogens with zero attached hydrogens (tertiary/aromatic N) is 2. The Morgan fingerprint density at radius 3 is 2.55 bits per heavy atom. The van der Waals surface area contributed by atoms with Crippen LogP contribution in [0.25, 0.3) is 10.9 Å². The summed E-state index contributed by atoms with van der Waals surface area (Å²) in [5, 5.41) is 10.3. The number of rotatable bonds is 5. The molecule has 4 heteroatoms. The van der Waals surface area contributed by atoms with Crippen molar-refractivity contribution in [1.82, 2.24) is 9.47 Å². The third-order valence-corrected chi connectivity index (χ3v) is 3.93. The van der Waals surface area contributed by atoms with Gasteiger partial charge in [0.2, 0.25) is 0 Å². The molecule has 0 unspecified atom stereocenters. The topological polar surface area (TPSA) is 45.5 Å². The van der Waals surface area contributed by atoms with E-state index in [-0.39, 0.29) is 12.6 Å². The van der Waals surface area contributed by atoms with Gasteiger partial charge in [0.25, 0.3) is 0 Å². The third kappa shape index (κ3) is 2.70. The Balaban J connectivity index is 2.39. The van der Waals surface area contributed by atoms with Crippen LogP contribution in [0.2, 0.25) is 0 Å². The molecule has 1 aromatic carbocycles. The number of benzene rings is 1. The smallest absolute Gasteiger partial charge is 0.317 e. The summed E-state index contributed by atoms with van der Waals surface area (Å²) in [6.07, 6.45) is 0. The Morgan fingerprint density at radius 2 is 2.00 bits per heavy atom. The van der Waals surface area contributed by atoms with Crippen molar-refractivity contribution in [2.45, 2.75) is 33.4 Å². The van der Waals surface area contributed by atoms with Crippen LogP contribution >= 0.6 is 0 Å². The van der Waals surface area contributed by atoms with Crippen LogP contribution in [0.1, 0.15) is 25.1 Å². The maximum atomic E-state index is 11.0. The van der Waals surface area contributed by atoms with Crippen LogP contribution < -0.4 is 0 Å². The summed E-state index contributed by atoms with van der Waals surface area (Å²) < 4.78 is 2.17. The first-order valence-electron chi connectivity index (χ1n) is 6.90. The first-order valence-corrected chi connectivity index (χ1v) is 6.90. The maximum Gasteiger partial charge on any atom is 0.317 e. The predicted molar refractivity (Wildman–Crippen MR) is 80.8 cm³/mol. The molecule has 2 aromatic rings. The Kier molecular flexibility index (Phi) is 4.14. The Hall–Kier alpha value is -1.81. The van der Waals surface area contributed by atoms with E-state index in [1.165, 1.54) is 22.2 Å². The summed E-state index contributed by atoms with van der Waals surface area (Å²) in [6.45, 7) is 6.89. The second kappa shape index (κ2) is 5.67. The van der Waals surface area contributed by atoms with Crippen LogP contribution in [0.15, 0.2) is 24.3 Å². The largest absolute Gasteiger partial charge is 0.480 e. The highest BCUT2D eigenvalue weighted by Crippen LogP contribution is 2.25. The van der Waals surface area contributed by atoms with Gasteiger partial charge in [-0.2, -0.15) is 0 Å². The number of para-hydroxylation sites is 1. The Bertz CT molecular complexity index is 590. The van der Waals surface area contributed by atoms with Crippen molar-refractivity contribution in [3.05, 3.63) is 35.5 Å². The first-order chi connectivity index (χ1) is 9.41. The average molecular weight is 274 g/mol. The van der Waals surface area contributed by atoms with Crippen LogP contribution in [-0.4, -0.2) is 33.1 Å². The number of carbonyl (C=O) groups is 1. The molecule has 0 aliphatic rings. The van der Waals surface area contributed by atoms with Gasteiger partial charge in [-0.1, -0.05) is 18.2 Å². The molecule has 108 valence electrons. The highest BCUT2D eigenvalue weighted by molar-refractivity contribution is 5.85. The van der Waals surface area contributed by atoms with Crippen molar-refractivity contribution in [2.75, 3.05) is 6.54 Å². The van der Waals surface area contributed by atoms with Crippen LogP contribution in [0.5, 0.6) is 0 Å². The highest BCUT2D eigenvalue weighted by atomic mass is 16.4. The lowest BCUT2D eigenvalue weighted by Gasteiger charge is -2.25. The molecule has 0 aliphatic carbocycles.